The fourth-order valence-electron chi connectivity index (χ4n) is 4.30. The molecule has 1 saturated heterocycles. The Morgan fingerprint density at radius 1 is 1.12 bits per heavy atom. The second kappa shape index (κ2) is 18.0. The third-order valence-corrected chi connectivity index (χ3v) is 10.6. The first kappa shape index (κ1) is 42.9. The third kappa shape index (κ3) is 12.8. The summed E-state index contributed by atoms with van der Waals surface area (Å²) in [4.78, 5) is 75.1. The van der Waals surface area contributed by atoms with Gasteiger partial charge in [0.15, 0.2) is 17.7 Å². The zero-order valence-electron chi connectivity index (χ0n) is 27.2. The Labute approximate surface area is 294 Å². The first-order valence-corrected chi connectivity index (χ1v) is 20.1. The molecule has 2 aromatic rings. The van der Waals surface area contributed by atoms with E-state index >= 15 is 0 Å². The van der Waals surface area contributed by atoms with E-state index in [-0.39, 0.29) is 35.9 Å². The largest absolute Gasteiger partial charge is 0.481 e. The molecule has 0 bridgehead atoms. The molecule has 1 fully saturated rings. The van der Waals surface area contributed by atoms with Crippen LogP contribution in [-0.4, -0.2) is 118 Å². The van der Waals surface area contributed by atoms with Gasteiger partial charge in [-0.2, -0.15) is 4.31 Å². The Morgan fingerprint density at radius 3 is 2.47 bits per heavy atom. The van der Waals surface area contributed by atoms with Gasteiger partial charge in [-0.05, 0) is 12.2 Å². The molecule has 2 amide bonds. The summed E-state index contributed by atoms with van der Waals surface area (Å²) in [5.74, 6) is 1.92. The molecule has 3 rings (SSSR count). The van der Waals surface area contributed by atoms with Crippen molar-refractivity contribution >= 4 is 64.0 Å². The van der Waals surface area contributed by atoms with Gasteiger partial charge in [0.2, 0.25) is 11.8 Å². The SMILES string of the molecule is CC#CSCCNC(=O)CCNC(=O)[C@H](O)C(C)(C)COP(=O)(O)OP(=O)(O)OC[C@H]1O[C@@H](n2cnc3c(N)ncnc32)[C@H](O)[C@@H]1OP(=O)(O)O. The molecule has 2 aromatic heterocycles. The van der Waals surface area contributed by atoms with E-state index in [1.54, 1.807) is 6.92 Å². The fourth-order valence-corrected chi connectivity index (χ4v) is 7.58. The van der Waals surface area contributed by atoms with E-state index in [0.29, 0.717) is 12.3 Å². The average Bonchev–Trinajstić information content (AvgIpc) is 3.58. The smallest absolute Gasteiger partial charge is 0.386 e. The number of aliphatic hydroxyl groups is 2. The second-order valence-corrected chi connectivity index (χ2v) is 16.4. The molecule has 0 aromatic carbocycles. The topological polar surface area (TPSA) is 347 Å². The molecule has 0 radical (unpaired) electrons. The standard InChI is InChI=1S/C24H38N7O16P3S/c1-4-8-51-9-7-26-15(32)5-6-27-22(35)19(34)24(2,3)11-44-50(41,42)47-49(39,40)43-10-14-18(46-48(36,37)38)17(33)23(45-14)31-13-30-16-20(25)28-12-29-21(16)31/h12-14,17-19,23,33-34H,5-7,9-11H2,1-3H3,(H,26,32)(H,27,35)(H,39,40)(H,41,42)(H2,25,28,29)(H2,36,37,38)/t14-,17-,18-,19+,23-/m1/s1. The van der Waals surface area contributed by atoms with Gasteiger partial charge in [-0.25, -0.2) is 28.6 Å². The molecule has 23 nitrogen and oxygen atoms in total. The summed E-state index contributed by atoms with van der Waals surface area (Å²) < 4.78 is 61.9. The Bertz CT molecular complexity index is 1750. The third-order valence-electron chi connectivity index (χ3n) is 6.78. The minimum absolute atomic E-state index is 0.0368. The molecule has 0 aliphatic carbocycles. The molecule has 2 unspecified atom stereocenters. The fraction of sp³-hybridized carbons (Fsp3) is 0.625. The van der Waals surface area contributed by atoms with Crippen molar-refractivity contribution in [3.05, 3.63) is 12.7 Å². The highest BCUT2D eigenvalue weighted by atomic mass is 32.2. The molecule has 1 aliphatic rings. The maximum absolute atomic E-state index is 12.6. The van der Waals surface area contributed by atoms with Crippen LogP contribution in [0.15, 0.2) is 12.7 Å². The molecule has 10 N–H and O–H groups in total. The maximum atomic E-state index is 12.6. The Kier molecular flexibility index (Phi) is 15.1. The number of aliphatic hydroxyl groups excluding tert-OH is 2. The van der Waals surface area contributed by atoms with Crippen LogP contribution in [0.2, 0.25) is 0 Å². The highest BCUT2D eigenvalue weighted by Gasteiger charge is 2.50. The highest BCUT2D eigenvalue weighted by Crippen LogP contribution is 2.61. The van der Waals surface area contributed by atoms with E-state index in [0.717, 1.165) is 17.2 Å². The summed E-state index contributed by atoms with van der Waals surface area (Å²) >= 11 is 1.32. The van der Waals surface area contributed by atoms with Crippen molar-refractivity contribution in [2.75, 3.05) is 37.8 Å². The number of phosphoric ester groups is 3. The molecular weight excluding hydrogens is 767 g/mol. The Morgan fingerprint density at radius 2 is 1.80 bits per heavy atom. The number of imidazole rings is 1. The normalized spacial score (nSPS) is 22.4. The molecule has 0 spiro atoms. The van der Waals surface area contributed by atoms with E-state index < -0.39 is 78.6 Å². The van der Waals surface area contributed by atoms with Crippen LogP contribution in [0.1, 0.15) is 33.4 Å². The van der Waals surface area contributed by atoms with Crippen molar-refractivity contribution in [3.8, 4) is 11.2 Å². The van der Waals surface area contributed by atoms with Gasteiger partial charge in [0.05, 0.1) is 19.5 Å². The second-order valence-electron chi connectivity index (χ2n) is 11.3. The number of aromatic nitrogens is 4. The van der Waals surface area contributed by atoms with Crippen molar-refractivity contribution in [1.82, 2.24) is 30.2 Å². The van der Waals surface area contributed by atoms with Gasteiger partial charge in [-0.1, -0.05) is 31.5 Å². The lowest BCUT2D eigenvalue weighted by atomic mass is 9.87. The number of thioether (sulfide) groups is 1. The number of hydrogen-bond donors (Lipinski definition) is 9. The monoisotopic (exact) mass is 805 g/mol. The predicted octanol–water partition coefficient (Wildman–Crippen LogP) is -0.881. The molecular formula is C24H38N7O16P3S. The number of anilines is 1. The molecule has 51 heavy (non-hydrogen) atoms. The van der Waals surface area contributed by atoms with Gasteiger partial charge < -0.3 is 50.9 Å². The van der Waals surface area contributed by atoms with Crippen molar-refractivity contribution < 1.29 is 75.7 Å². The van der Waals surface area contributed by atoms with Crippen molar-refractivity contribution in [2.45, 2.75) is 57.8 Å². The predicted molar refractivity (Wildman–Crippen MR) is 176 cm³/mol. The van der Waals surface area contributed by atoms with E-state index in [2.05, 4.69) is 45.6 Å². The van der Waals surface area contributed by atoms with Gasteiger partial charge in [0.1, 0.15) is 36.3 Å². The van der Waals surface area contributed by atoms with Gasteiger partial charge in [0.25, 0.3) is 0 Å². The zero-order chi connectivity index (χ0) is 38.2. The quantitative estimate of drug-likeness (QED) is 0.0473. The van der Waals surface area contributed by atoms with Crippen LogP contribution in [0.25, 0.3) is 11.2 Å². The van der Waals surface area contributed by atoms with E-state index in [9.17, 15) is 53.1 Å². The summed E-state index contributed by atoms with van der Waals surface area (Å²) in [6, 6.07) is 0. The van der Waals surface area contributed by atoms with Crippen molar-refractivity contribution in [1.29, 1.82) is 0 Å². The van der Waals surface area contributed by atoms with E-state index in [1.165, 1.54) is 25.6 Å². The Hall–Kier alpha value is -2.55. The molecule has 1 aliphatic heterocycles. The van der Waals surface area contributed by atoms with Crippen LogP contribution in [0.4, 0.5) is 5.82 Å². The lowest BCUT2D eigenvalue weighted by Gasteiger charge is -2.30. The van der Waals surface area contributed by atoms with E-state index in [4.69, 9.17) is 19.5 Å². The van der Waals surface area contributed by atoms with Gasteiger partial charge >= 0.3 is 23.5 Å². The molecule has 7 atom stereocenters. The highest BCUT2D eigenvalue weighted by molar-refractivity contribution is 8.03. The molecule has 3 heterocycles. The van der Waals surface area contributed by atoms with Gasteiger partial charge in [-0.15, -0.1) is 0 Å². The molecule has 0 saturated carbocycles. The van der Waals surface area contributed by atoms with Crippen LogP contribution in [-0.2, 0) is 45.9 Å². The first-order chi connectivity index (χ1) is 23.7. The number of carbonyl (C=O) groups is 2. The van der Waals surface area contributed by atoms with Crippen LogP contribution in [0.5, 0.6) is 0 Å². The zero-order valence-corrected chi connectivity index (χ0v) is 30.7. The number of nitrogens with one attached hydrogen (secondary N) is 2. The number of carbonyl (C=O) groups excluding carboxylic acids is 2. The number of nitrogen functional groups attached to an aromatic ring is 1. The number of hydrogen-bond acceptors (Lipinski definition) is 17. The average molecular weight is 806 g/mol. The minimum atomic E-state index is -5.55. The van der Waals surface area contributed by atoms with Crippen molar-refractivity contribution in [3.63, 3.8) is 0 Å². The Balaban J connectivity index is 1.55. The van der Waals surface area contributed by atoms with Crippen LogP contribution in [0, 0.1) is 16.6 Å². The maximum Gasteiger partial charge on any atom is 0.481 e. The number of fused-ring (bicyclic) bond motifs is 1. The molecule has 27 heteroatoms. The molecule has 286 valence electrons. The van der Waals surface area contributed by atoms with Crippen molar-refractivity contribution in [2.24, 2.45) is 5.41 Å². The number of phosphoric acid groups is 3. The van der Waals surface area contributed by atoms with Gasteiger partial charge in [0, 0.05) is 30.7 Å². The van der Waals surface area contributed by atoms with Crippen LogP contribution in [0.3, 0.4) is 0 Å². The van der Waals surface area contributed by atoms with Crippen LogP contribution < -0.4 is 16.4 Å². The number of ether oxygens (including phenoxy) is 1. The summed E-state index contributed by atoms with van der Waals surface area (Å²) in [5, 5.41) is 29.1. The lowest BCUT2D eigenvalue weighted by molar-refractivity contribution is -0.137. The minimum Gasteiger partial charge on any atom is -0.386 e. The van der Waals surface area contributed by atoms with E-state index in [1.807, 2.05) is 0 Å². The lowest BCUT2D eigenvalue weighted by Crippen LogP contribution is -2.46. The summed E-state index contributed by atoms with van der Waals surface area (Å²) in [5.41, 5.74) is 4.30. The number of rotatable bonds is 19. The first-order valence-electron chi connectivity index (χ1n) is 14.6. The number of nitrogens with two attached hydrogens (primary N) is 1. The number of amides is 2. The van der Waals surface area contributed by atoms with Gasteiger partial charge in [-0.3, -0.25) is 27.7 Å². The summed E-state index contributed by atoms with van der Waals surface area (Å²) in [6.07, 6.45) is -6.76. The summed E-state index contributed by atoms with van der Waals surface area (Å²) in [6.45, 7) is 2.44. The van der Waals surface area contributed by atoms with Crippen LogP contribution >= 0.6 is 35.2 Å². The summed E-state index contributed by atoms with van der Waals surface area (Å²) in [7, 11) is -16.3. The number of nitrogens with zero attached hydrogens (tertiary/aromatic N) is 4.